The number of hydrogen-bond acceptors (Lipinski definition) is 2. The van der Waals surface area contributed by atoms with Gasteiger partial charge in [0.25, 0.3) is 0 Å². The maximum atomic E-state index is 10.7. The van der Waals surface area contributed by atoms with Gasteiger partial charge in [-0.15, -0.1) is 0 Å². The second-order valence-corrected chi connectivity index (χ2v) is 3.46. The first-order valence-electron chi connectivity index (χ1n) is 4.61. The molecule has 0 radical (unpaired) electrons. The molecule has 12 heavy (non-hydrogen) atoms. The molecule has 0 spiro atoms. The highest BCUT2D eigenvalue weighted by atomic mass is 16.1. The Bertz CT molecular complexity index is 147. The van der Waals surface area contributed by atoms with E-state index in [-0.39, 0.29) is 11.4 Å². The van der Waals surface area contributed by atoms with E-state index in [9.17, 15) is 4.79 Å². The van der Waals surface area contributed by atoms with Crippen molar-refractivity contribution in [3.63, 3.8) is 0 Å². The summed E-state index contributed by atoms with van der Waals surface area (Å²) in [5.41, 5.74) is 10.7. The van der Waals surface area contributed by atoms with Crippen LogP contribution in [0.4, 0.5) is 0 Å². The third-order valence-electron chi connectivity index (χ3n) is 2.26. The predicted molar refractivity (Wildman–Crippen MR) is 50.5 cm³/mol. The fourth-order valence-electron chi connectivity index (χ4n) is 1.27. The van der Waals surface area contributed by atoms with E-state index in [0.29, 0.717) is 6.42 Å². The molecule has 0 saturated carbocycles. The maximum Gasteiger partial charge on any atom is 0.219 e. The molecule has 1 amide bonds. The predicted octanol–water partition coefficient (Wildman–Crippen LogP) is 1.16. The molecule has 72 valence electrons. The number of carbonyl (C=O) groups is 1. The SMILES string of the molecule is CCCCC(N)(CC)CC(N)=O. The number of hydrogen-bond donors (Lipinski definition) is 2. The molecular weight excluding hydrogens is 152 g/mol. The summed E-state index contributed by atoms with van der Waals surface area (Å²) in [6, 6.07) is 0. The molecule has 0 bridgehead atoms. The minimum absolute atomic E-state index is 0.296. The number of primary amides is 1. The first kappa shape index (κ1) is 11.4. The van der Waals surface area contributed by atoms with Crippen LogP contribution in [0.3, 0.4) is 0 Å². The number of rotatable bonds is 6. The first-order chi connectivity index (χ1) is 5.54. The number of carbonyl (C=O) groups excluding carboxylic acids is 1. The Labute approximate surface area is 74.5 Å². The molecule has 1 unspecified atom stereocenters. The van der Waals surface area contributed by atoms with Crippen LogP contribution in [0.25, 0.3) is 0 Å². The molecule has 0 aromatic rings. The normalized spacial score (nSPS) is 15.6. The lowest BCUT2D eigenvalue weighted by atomic mass is 9.87. The number of amides is 1. The second kappa shape index (κ2) is 5.14. The van der Waals surface area contributed by atoms with Gasteiger partial charge in [0.05, 0.1) is 0 Å². The van der Waals surface area contributed by atoms with Crippen LogP contribution < -0.4 is 11.5 Å². The molecule has 0 aliphatic carbocycles. The van der Waals surface area contributed by atoms with Gasteiger partial charge in [-0.1, -0.05) is 26.7 Å². The summed E-state index contributed by atoms with van der Waals surface area (Å²) in [6.07, 6.45) is 4.19. The van der Waals surface area contributed by atoms with Crippen molar-refractivity contribution < 1.29 is 4.79 Å². The summed E-state index contributed by atoms with van der Waals surface area (Å²) in [5.74, 6) is -0.296. The Kier molecular flexibility index (Phi) is 4.90. The molecule has 0 fully saturated rings. The van der Waals surface area contributed by atoms with Crippen LogP contribution in [0.5, 0.6) is 0 Å². The third-order valence-corrected chi connectivity index (χ3v) is 2.26. The van der Waals surface area contributed by atoms with Crippen molar-refractivity contribution in [2.45, 2.75) is 51.5 Å². The Morgan fingerprint density at radius 2 is 2.00 bits per heavy atom. The topological polar surface area (TPSA) is 69.1 Å². The van der Waals surface area contributed by atoms with Gasteiger partial charge in [0.15, 0.2) is 0 Å². The van der Waals surface area contributed by atoms with Gasteiger partial charge in [0.1, 0.15) is 0 Å². The van der Waals surface area contributed by atoms with Gasteiger partial charge < -0.3 is 11.5 Å². The van der Waals surface area contributed by atoms with Crippen LogP contribution >= 0.6 is 0 Å². The standard InChI is InChI=1S/C9H20N2O/c1-3-5-6-9(11,4-2)7-8(10)12/h3-7,11H2,1-2H3,(H2,10,12). The van der Waals surface area contributed by atoms with Crippen LogP contribution in [0.15, 0.2) is 0 Å². The Morgan fingerprint density at radius 3 is 2.33 bits per heavy atom. The van der Waals surface area contributed by atoms with Crippen LogP contribution in [0.2, 0.25) is 0 Å². The molecular formula is C9H20N2O. The van der Waals surface area contributed by atoms with Crippen LogP contribution in [0.1, 0.15) is 46.0 Å². The van der Waals surface area contributed by atoms with Crippen molar-refractivity contribution in [1.29, 1.82) is 0 Å². The van der Waals surface area contributed by atoms with E-state index in [1.165, 1.54) is 0 Å². The van der Waals surface area contributed by atoms with Crippen LogP contribution in [0, 0.1) is 0 Å². The van der Waals surface area contributed by atoms with Gasteiger partial charge in [0.2, 0.25) is 5.91 Å². The smallest absolute Gasteiger partial charge is 0.219 e. The van der Waals surface area contributed by atoms with Gasteiger partial charge in [-0.05, 0) is 12.8 Å². The van der Waals surface area contributed by atoms with E-state index >= 15 is 0 Å². The van der Waals surface area contributed by atoms with E-state index in [0.717, 1.165) is 25.7 Å². The molecule has 0 rings (SSSR count). The quantitative estimate of drug-likeness (QED) is 0.631. The van der Waals surface area contributed by atoms with E-state index in [4.69, 9.17) is 11.5 Å². The average Bonchev–Trinajstić information content (AvgIpc) is 2.00. The van der Waals surface area contributed by atoms with E-state index in [1.54, 1.807) is 0 Å². The van der Waals surface area contributed by atoms with Gasteiger partial charge >= 0.3 is 0 Å². The Balaban J connectivity index is 3.95. The molecule has 0 aromatic carbocycles. The van der Waals surface area contributed by atoms with Crippen molar-refractivity contribution in [1.82, 2.24) is 0 Å². The van der Waals surface area contributed by atoms with E-state index in [2.05, 4.69) is 6.92 Å². The van der Waals surface area contributed by atoms with Gasteiger partial charge in [-0.2, -0.15) is 0 Å². The third kappa shape index (κ3) is 4.34. The molecule has 0 saturated heterocycles. The first-order valence-corrected chi connectivity index (χ1v) is 4.61. The lowest BCUT2D eigenvalue weighted by Gasteiger charge is -2.26. The minimum atomic E-state index is -0.359. The fraction of sp³-hybridized carbons (Fsp3) is 0.889. The largest absolute Gasteiger partial charge is 0.370 e. The van der Waals surface area contributed by atoms with Gasteiger partial charge in [-0.3, -0.25) is 4.79 Å². The monoisotopic (exact) mass is 172 g/mol. The minimum Gasteiger partial charge on any atom is -0.370 e. The Morgan fingerprint density at radius 1 is 1.42 bits per heavy atom. The highest BCUT2D eigenvalue weighted by molar-refractivity contribution is 5.75. The number of unbranched alkanes of at least 4 members (excludes halogenated alkanes) is 1. The average molecular weight is 172 g/mol. The molecule has 3 nitrogen and oxygen atoms in total. The summed E-state index contributed by atoms with van der Waals surface area (Å²) >= 11 is 0. The lowest BCUT2D eigenvalue weighted by molar-refractivity contribution is -0.119. The zero-order valence-electron chi connectivity index (χ0n) is 8.10. The summed E-state index contributed by atoms with van der Waals surface area (Å²) < 4.78 is 0. The van der Waals surface area contributed by atoms with Gasteiger partial charge in [-0.25, -0.2) is 0 Å². The van der Waals surface area contributed by atoms with Crippen LogP contribution in [-0.2, 0) is 4.79 Å². The molecule has 4 N–H and O–H groups in total. The zero-order valence-corrected chi connectivity index (χ0v) is 8.10. The van der Waals surface area contributed by atoms with Gasteiger partial charge in [0, 0.05) is 12.0 Å². The lowest BCUT2D eigenvalue weighted by Crippen LogP contribution is -2.42. The summed E-state index contributed by atoms with van der Waals surface area (Å²) in [6.45, 7) is 4.11. The molecule has 0 aromatic heterocycles. The van der Waals surface area contributed by atoms with Crippen LogP contribution in [-0.4, -0.2) is 11.4 Å². The van der Waals surface area contributed by atoms with Crippen molar-refractivity contribution >= 4 is 5.91 Å². The summed E-state index contributed by atoms with van der Waals surface area (Å²) in [4.78, 5) is 10.7. The second-order valence-electron chi connectivity index (χ2n) is 3.46. The van der Waals surface area contributed by atoms with E-state index < -0.39 is 0 Å². The van der Waals surface area contributed by atoms with Crippen molar-refractivity contribution in [2.75, 3.05) is 0 Å². The maximum absolute atomic E-state index is 10.7. The van der Waals surface area contributed by atoms with Crippen molar-refractivity contribution in [3.8, 4) is 0 Å². The molecule has 0 heterocycles. The summed E-state index contributed by atoms with van der Waals surface area (Å²) in [5, 5.41) is 0. The van der Waals surface area contributed by atoms with Crippen molar-refractivity contribution in [3.05, 3.63) is 0 Å². The molecule has 0 aliphatic heterocycles. The Hall–Kier alpha value is -0.570. The fourth-order valence-corrected chi connectivity index (χ4v) is 1.27. The highest BCUT2D eigenvalue weighted by Crippen LogP contribution is 2.18. The highest BCUT2D eigenvalue weighted by Gasteiger charge is 2.23. The van der Waals surface area contributed by atoms with E-state index in [1.807, 2.05) is 6.92 Å². The molecule has 3 heteroatoms. The zero-order chi connectivity index (χ0) is 9.61. The molecule has 0 aliphatic rings. The van der Waals surface area contributed by atoms with Crippen molar-refractivity contribution in [2.24, 2.45) is 11.5 Å². The molecule has 1 atom stereocenters. The number of nitrogens with two attached hydrogens (primary N) is 2. The summed E-state index contributed by atoms with van der Waals surface area (Å²) in [7, 11) is 0.